The van der Waals surface area contributed by atoms with E-state index in [2.05, 4.69) is 0 Å². The van der Waals surface area contributed by atoms with E-state index in [-0.39, 0.29) is 12.2 Å². The largest absolute Gasteiger partial charge is 0.358 e. The summed E-state index contributed by atoms with van der Waals surface area (Å²) in [5, 5.41) is 11.0. The summed E-state index contributed by atoms with van der Waals surface area (Å²) in [5.74, 6) is 0.0974. The molecule has 0 amide bonds. The molecule has 1 unspecified atom stereocenters. The number of aliphatic hydroxyl groups is 1. The summed E-state index contributed by atoms with van der Waals surface area (Å²) in [7, 11) is -3.97. The van der Waals surface area contributed by atoms with Gasteiger partial charge in [0.25, 0.3) is 10.1 Å². The van der Waals surface area contributed by atoms with Gasteiger partial charge < -0.3 is 10.0 Å². The Morgan fingerprint density at radius 2 is 1.65 bits per heavy atom. The van der Waals surface area contributed by atoms with Crippen molar-refractivity contribution in [3.63, 3.8) is 0 Å². The molecule has 6 nitrogen and oxygen atoms in total. The maximum absolute atomic E-state index is 11.0. The van der Waals surface area contributed by atoms with Gasteiger partial charge in [0.1, 0.15) is 4.32 Å². The Morgan fingerprint density at radius 3 is 2.04 bits per heavy atom. The first-order chi connectivity index (χ1) is 10.6. The zero-order chi connectivity index (χ0) is 18.1. The quantitative estimate of drug-likeness (QED) is 0.233. The molecule has 0 fully saturated rings. The zero-order valence-corrected chi connectivity index (χ0v) is 17.5. The van der Waals surface area contributed by atoms with E-state index in [0.717, 1.165) is 13.1 Å². The van der Waals surface area contributed by atoms with E-state index in [1.165, 1.54) is 23.5 Å². The second-order valence-corrected chi connectivity index (χ2v) is 9.65. The van der Waals surface area contributed by atoms with Crippen molar-refractivity contribution in [1.82, 2.24) is 9.80 Å². The molecule has 0 aliphatic heterocycles. The van der Waals surface area contributed by atoms with E-state index in [9.17, 15) is 13.5 Å². The lowest BCUT2D eigenvalue weighted by atomic mass is 10.6. The minimum atomic E-state index is -3.97. The Balaban J connectivity index is 4.92. The summed E-state index contributed by atoms with van der Waals surface area (Å²) in [6.07, 6.45) is 0.270. The third-order valence-corrected chi connectivity index (χ3v) is 7.24. The fourth-order valence-corrected chi connectivity index (χ4v) is 6.09. The Kier molecular flexibility index (Phi) is 11.3. The minimum absolute atomic E-state index is 0.270. The van der Waals surface area contributed by atoms with Gasteiger partial charge in [-0.3, -0.25) is 9.45 Å². The van der Waals surface area contributed by atoms with E-state index in [0.29, 0.717) is 23.2 Å². The average molecular weight is 405 g/mol. The number of thiocarbonyl (C=S) groups is 1. The monoisotopic (exact) mass is 404 g/mol. The molecule has 0 saturated carbocycles. The number of hydrogen-bond acceptors (Lipinski definition) is 7. The molecule has 0 aliphatic carbocycles. The van der Waals surface area contributed by atoms with Crippen molar-refractivity contribution < 1.29 is 18.1 Å². The third-order valence-electron chi connectivity index (χ3n) is 3.24. The lowest BCUT2D eigenvalue weighted by molar-refractivity contribution is 0.0556. The minimum Gasteiger partial charge on any atom is -0.358 e. The van der Waals surface area contributed by atoms with Crippen molar-refractivity contribution in [3.05, 3.63) is 0 Å². The fourth-order valence-electron chi connectivity index (χ4n) is 1.92. The molecule has 0 saturated heterocycles. The van der Waals surface area contributed by atoms with Gasteiger partial charge in [-0.1, -0.05) is 37.8 Å². The molecule has 0 rings (SSSR count). The van der Waals surface area contributed by atoms with Crippen molar-refractivity contribution in [2.45, 2.75) is 38.5 Å². The number of rotatable bonds is 11. The van der Waals surface area contributed by atoms with Crippen molar-refractivity contribution >= 4 is 50.2 Å². The van der Waals surface area contributed by atoms with Crippen LogP contribution in [0.4, 0.5) is 0 Å². The van der Waals surface area contributed by atoms with Crippen LogP contribution in [0.3, 0.4) is 0 Å². The molecule has 0 spiro atoms. The maximum atomic E-state index is 11.0. The molecule has 0 aliphatic rings. The van der Waals surface area contributed by atoms with Crippen LogP contribution in [0.2, 0.25) is 0 Å². The molecule has 10 heteroatoms. The van der Waals surface area contributed by atoms with Crippen LogP contribution in [0.15, 0.2) is 0 Å². The predicted octanol–water partition coefficient (Wildman–Crippen LogP) is 2.30. The van der Waals surface area contributed by atoms with Gasteiger partial charge in [0.2, 0.25) is 4.39 Å². The average Bonchev–Trinajstić information content (AvgIpc) is 2.45. The summed E-state index contributed by atoms with van der Waals surface area (Å²) < 4.78 is 29.7. The topological polar surface area (TPSA) is 81.1 Å². The van der Waals surface area contributed by atoms with Crippen LogP contribution in [-0.2, 0) is 10.1 Å². The fraction of sp³-hybridized carbons (Fsp3) is 0.923. The van der Waals surface area contributed by atoms with Crippen molar-refractivity contribution in [2.75, 3.05) is 37.7 Å². The SMILES string of the molecule is CCN(CC)C(=S)SC(O)(SCCCS(=O)(=O)O)N(CC)CC. The summed E-state index contributed by atoms with van der Waals surface area (Å²) in [5.41, 5.74) is 0. The number of nitrogens with zero attached hydrogens (tertiary/aromatic N) is 2. The molecule has 0 aromatic rings. The molecule has 0 bridgehead atoms. The highest BCUT2D eigenvalue weighted by molar-refractivity contribution is 8.30. The van der Waals surface area contributed by atoms with Crippen LogP contribution >= 0.6 is 35.7 Å². The highest BCUT2D eigenvalue weighted by atomic mass is 32.2. The van der Waals surface area contributed by atoms with E-state index in [1.54, 1.807) is 0 Å². The van der Waals surface area contributed by atoms with Crippen LogP contribution in [0, 0.1) is 0 Å². The lowest BCUT2D eigenvalue weighted by Crippen LogP contribution is -2.46. The normalized spacial score (nSPS) is 14.7. The smallest absolute Gasteiger partial charge is 0.264 e. The third kappa shape index (κ3) is 8.89. The van der Waals surface area contributed by atoms with Gasteiger partial charge in [0.15, 0.2) is 0 Å². The van der Waals surface area contributed by atoms with Gasteiger partial charge in [-0.05, 0) is 50.9 Å². The van der Waals surface area contributed by atoms with E-state index in [4.69, 9.17) is 16.8 Å². The molecular formula is C13H28N2O4S4. The van der Waals surface area contributed by atoms with Crippen molar-refractivity contribution in [2.24, 2.45) is 0 Å². The predicted molar refractivity (Wildman–Crippen MR) is 104 cm³/mol. The van der Waals surface area contributed by atoms with Gasteiger partial charge in [-0.15, -0.1) is 0 Å². The molecule has 2 N–H and O–H groups in total. The Morgan fingerprint density at radius 1 is 1.13 bits per heavy atom. The van der Waals surface area contributed by atoms with Gasteiger partial charge in [-0.25, -0.2) is 0 Å². The van der Waals surface area contributed by atoms with Crippen LogP contribution < -0.4 is 0 Å². The van der Waals surface area contributed by atoms with Crippen LogP contribution in [0.1, 0.15) is 34.1 Å². The second-order valence-electron chi connectivity index (χ2n) is 4.75. The van der Waals surface area contributed by atoms with Crippen LogP contribution in [0.5, 0.6) is 0 Å². The summed E-state index contributed by atoms with van der Waals surface area (Å²) in [6, 6.07) is 0. The highest BCUT2D eigenvalue weighted by Crippen LogP contribution is 2.39. The van der Waals surface area contributed by atoms with E-state index >= 15 is 0 Å². The van der Waals surface area contributed by atoms with Gasteiger partial charge in [-0.2, -0.15) is 8.42 Å². The maximum Gasteiger partial charge on any atom is 0.264 e. The van der Waals surface area contributed by atoms with Crippen molar-refractivity contribution in [1.29, 1.82) is 0 Å². The Labute approximate surface area is 154 Å². The Bertz CT molecular complexity index is 453. The summed E-state index contributed by atoms with van der Waals surface area (Å²) in [6.45, 7) is 10.7. The Hall–Kier alpha value is 0.420. The molecular weight excluding hydrogens is 376 g/mol. The van der Waals surface area contributed by atoms with Gasteiger partial charge in [0.05, 0.1) is 5.75 Å². The lowest BCUT2D eigenvalue weighted by Gasteiger charge is -2.38. The number of thioether (sulfide) groups is 2. The molecule has 138 valence electrons. The molecule has 1 atom stereocenters. The van der Waals surface area contributed by atoms with Gasteiger partial charge >= 0.3 is 0 Å². The molecule has 23 heavy (non-hydrogen) atoms. The molecule has 0 heterocycles. The standard InChI is InChI=1S/C13H28N2O4S4/c1-5-14(6-2)12(20)22-13(16,15(7-3)8-4)21-10-9-11-23(17,18)19/h16H,5-11H2,1-4H3,(H,17,18,19). The second kappa shape index (κ2) is 11.1. The molecule has 0 aromatic carbocycles. The first-order valence-electron chi connectivity index (χ1n) is 7.67. The molecule has 0 aromatic heterocycles. The van der Waals surface area contributed by atoms with Gasteiger partial charge in [0, 0.05) is 13.1 Å². The van der Waals surface area contributed by atoms with E-state index in [1.807, 2.05) is 37.5 Å². The highest BCUT2D eigenvalue weighted by Gasteiger charge is 2.36. The zero-order valence-electron chi connectivity index (χ0n) is 14.2. The van der Waals surface area contributed by atoms with E-state index < -0.39 is 14.5 Å². The van der Waals surface area contributed by atoms with Crippen LogP contribution in [-0.4, -0.2) is 74.3 Å². The van der Waals surface area contributed by atoms with Crippen LogP contribution in [0.25, 0.3) is 0 Å². The summed E-state index contributed by atoms with van der Waals surface area (Å²) >= 11 is 7.88. The van der Waals surface area contributed by atoms with Crippen molar-refractivity contribution in [3.8, 4) is 0 Å². The first-order valence-corrected chi connectivity index (χ1v) is 11.5. The molecule has 0 radical (unpaired) electrons. The summed E-state index contributed by atoms with van der Waals surface area (Å²) in [4.78, 5) is 3.87. The number of hydrogen-bond donors (Lipinski definition) is 2. The first kappa shape index (κ1) is 23.4.